The van der Waals surface area contributed by atoms with Gasteiger partial charge in [0.2, 0.25) is 0 Å². The number of fused-ring (bicyclic) bond motifs is 1. The molecule has 0 unspecified atom stereocenters. The van der Waals surface area contributed by atoms with Crippen LogP contribution in [0.5, 0.6) is 0 Å². The van der Waals surface area contributed by atoms with Crippen LogP contribution in [0.15, 0.2) is 42.5 Å². The zero-order valence-electron chi connectivity index (χ0n) is 14.6. The molecule has 1 heterocycles. The predicted molar refractivity (Wildman–Crippen MR) is 94.9 cm³/mol. The van der Waals surface area contributed by atoms with Crippen molar-refractivity contribution in [3.05, 3.63) is 70.5 Å². The highest BCUT2D eigenvalue weighted by Crippen LogP contribution is 2.23. The molecule has 3 N–H and O–H groups in total. The fourth-order valence-corrected chi connectivity index (χ4v) is 2.83. The van der Waals surface area contributed by atoms with Gasteiger partial charge < -0.3 is 15.3 Å². The number of nitrogens with zero attached hydrogens (tertiary/aromatic N) is 1. The van der Waals surface area contributed by atoms with Crippen LogP contribution in [0.4, 0.5) is 9.18 Å². The van der Waals surface area contributed by atoms with Gasteiger partial charge >= 0.3 is 12.0 Å². The maximum atomic E-state index is 12.9. The molecule has 1 aliphatic heterocycles. The summed E-state index contributed by atoms with van der Waals surface area (Å²) in [6.45, 7) is 0.0815. The summed E-state index contributed by atoms with van der Waals surface area (Å²) in [5, 5.41) is 13.4. The molecule has 28 heavy (non-hydrogen) atoms. The Labute approximate surface area is 159 Å². The number of rotatable bonds is 5. The number of urea groups is 1. The van der Waals surface area contributed by atoms with E-state index in [1.54, 1.807) is 18.2 Å². The van der Waals surface area contributed by atoms with E-state index in [-0.39, 0.29) is 31.1 Å². The van der Waals surface area contributed by atoms with Gasteiger partial charge in [-0.3, -0.25) is 19.7 Å². The molecule has 0 radical (unpaired) electrons. The van der Waals surface area contributed by atoms with E-state index in [1.165, 1.54) is 17.0 Å². The van der Waals surface area contributed by atoms with Crippen LogP contribution in [0, 0.1) is 5.82 Å². The van der Waals surface area contributed by atoms with E-state index in [0.717, 1.165) is 12.1 Å². The summed E-state index contributed by atoms with van der Waals surface area (Å²) in [5.41, 5.74) is 1.82. The number of amides is 4. The number of carbonyl (C=O) groups is 4. The molecule has 4 amide bonds. The van der Waals surface area contributed by atoms with E-state index in [2.05, 4.69) is 10.6 Å². The topological polar surface area (TPSA) is 116 Å². The Bertz CT molecular complexity index is 959. The lowest BCUT2D eigenvalue weighted by atomic mass is 10.0. The van der Waals surface area contributed by atoms with E-state index in [4.69, 9.17) is 5.11 Å². The molecule has 0 aromatic heterocycles. The average molecular weight is 385 g/mol. The molecule has 2 aromatic rings. The molecular weight excluding hydrogens is 369 g/mol. The molecule has 2 aromatic carbocycles. The van der Waals surface area contributed by atoms with Gasteiger partial charge in [-0.15, -0.1) is 0 Å². The quantitative estimate of drug-likeness (QED) is 0.722. The molecule has 3 rings (SSSR count). The van der Waals surface area contributed by atoms with Gasteiger partial charge in [0, 0.05) is 17.7 Å². The number of imide groups is 1. The highest BCUT2D eigenvalue weighted by molar-refractivity contribution is 6.04. The summed E-state index contributed by atoms with van der Waals surface area (Å²) in [6.07, 6.45) is -0.145. The van der Waals surface area contributed by atoms with Crippen LogP contribution in [0.25, 0.3) is 0 Å². The maximum Gasteiger partial charge on any atom is 0.323 e. The normalized spacial score (nSPS) is 12.5. The molecule has 9 heteroatoms. The molecule has 0 fully saturated rings. The van der Waals surface area contributed by atoms with Crippen LogP contribution < -0.4 is 10.6 Å². The summed E-state index contributed by atoms with van der Waals surface area (Å²) in [6, 6.07) is 8.69. The zero-order valence-corrected chi connectivity index (χ0v) is 14.6. The van der Waals surface area contributed by atoms with Crippen molar-refractivity contribution in [2.45, 2.75) is 13.0 Å². The van der Waals surface area contributed by atoms with Crippen molar-refractivity contribution in [1.29, 1.82) is 0 Å². The van der Waals surface area contributed by atoms with Gasteiger partial charge in [-0.25, -0.2) is 9.18 Å². The Balaban J connectivity index is 1.55. The van der Waals surface area contributed by atoms with Crippen molar-refractivity contribution in [2.24, 2.45) is 0 Å². The minimum atomic E-state index is -0.967. The first kappa shape index (κ1) is 19.0. The van der Waals surface area contributed by atoms with Gasteiger partial charge in [0.25, 0.3) is 11.8 Å². The lowest BCUT2D eigenvalue weighted by molar-refractivity contribution is -0.136. The lowest BCUT2D eigenvalue weighted by Crippen LogP contribution is -2.44. The first-order valence-corrected chi connectivity index (χ1v) is 8.31. The molecule has 0 saturated heterocycles. The maximum absolute atomic E-state index is 12.9. The van der Waals surface area contributed by atoms with Crippen LogP contribution >= 0.6 is 0 Å². The molecule has 0 bridgehead atoms. The van der Waals surface area contributed by atoms with E-state index < -0.39 is 23.7 Å². The van der Waals surface area contributed by atoms with Gasteiger partial charge in [-0.2, -0.15) is 0 Å². The van der Waals surface area contributed by atoms with Crippen LogP contribution in [-0.2, 0) is 17.8 Å². The molecule has 144 valence electrons. The van der Waals surface area contributed by atoms with Crippen molar-refractivity contribution in [3.8, 4) is 0 Å². The molecule has 8 nitrogen and oxygen atoms in total. The number of benzene rings is 2. The summed E-state index contributed by atoms with van der Waals surface area (Å²) in [7, 11) is 0. The summed E-state index contributed by atoms with van der Waals surface area (Å²) < 4.78 is 12.9. The highest BCUT2D eigenvalue weighted by Gasteiger charge is 2.27. The number of carboxylic acids is 1. The van der Waals surface area contributed by atoms with Gasteiger partial charge in [0.1, 0.15) is 5.82 Å². The molecule has 1 aliphatic rings. The zero-order chi connectivity index (χ0) is 20.3. The van der Waals surface area contributed by atoms with Gasteiger partial charge in [0.05, 0.1) is 13.1 Å². The predicted octanol–water partition coefficient (Wildman–Crippen LogP) is 1.51. The van der Waals surface area contributed by atoms with Crippen molar-refractivity contribution in [1.82, 2.24) is 15.5 Å². The Hall–Kier alpha value is -3.75. The summed E-state index contributed by atoms with van der Waals surface area (Å²) in [4.78, 5) is 48.3. The number of halogens is 1. The molecule has 0 spiro atoms. The fourth-order valence-electron chi connectivity index (χ4n) is 2.83. The second-order valence-corrected chi connectivity index (χ2v) is 6.19. The number of nitrogens with one attached hydrogen (secondary N) is 2. The lowest BCUT2D eigenvalue weighted by Gasteiger charge is -2.16. The van der Waals surface area contributed by atoms with Crippen molar-refractivity contribution < 1.29 is 28.7 Å². The van der Waals surface area contributed by atoms with E-state index in [9.17, 15) is 23.6 Å². The van der Waals surface area contributed by atoms with Crippen LogP contribution in [-0.4, -0.2) is 40.5 Å². The van der Waals surface area contributed by atoms with Crippen LogP contribution in [0.1, 0.15) is 31.8 Å². The Morgan fingerprint density at radius 2 is 1.82 bits per heavy atom. The number of hydrogen-bond acceptors (Lipinski definition) is 4. The minimum Gasteiger partial charge on any atom is -0.481 e. The third kappa shape index (κ3) is 4.32. The molecule has 0 atom stereocenters. The molecule has 0 saturated carbocycles. The van der Waals surface area contributed by atoms with Crippen molar-refractivity contribution in [2.75, 3.05) is 6.67 Å². The average Bonchev–Trinajstić information content (AvgIpc) is 2.95. The summed E-state index contributed by atoms with van der Waals surface area (Å²) in [5.74, 6) is -2.47. The van der Waals surface area contributed by atoms with Crippen molar-refractivity contribution in [3.63, 3.8) is 0 Å². The highest BCUT2D eigenvalue weighted by atomic mass is 19.1. The van der Waals surface area contributed by atoms with Gasteiger partial charge in [-0.1, -0.05) is 12.1 Å². The van der Waals surface area contributed by atoms with Crippen LogP contribution in [0.2, 0.25) is 0 Å². The fraction of sp³-hybridized carbons (Fsp3) is 0.158. The largest absolute Gasteiger partial charge is 0.481 e. The SMILES string of the molecule is O=C(O)Cc1ccc2c(c1)CN(CNC(=O)NC(=O)c1ccc(F)cc1)C2=O. The summed E-state index contributed by atoms with van der Waals surface area (Å²) >= 11 is 0. The Morgan fingerprint density at radius 3 is 2.50 bits per heavy atom. The molecule has 0 aliphatic carbocycles. The first-order chi connectivity index (χ1) is 13.3. The number of carbonyl (C=O) groups excluding carboxylic acids is 3. The number of carboxylic acid groups (broad SMARTS) is 1. The van der Waals surface area contributed by atoms with E-state index >= 15 is 0 Å². The Kier molecular flexibility index (Phi) is 5.35. The smallest absolute Gasteiger partial charge is 0.323 e. The minimum absolute atomic E-state index is 0.118. The second-order valence-electron chi connectivity index (χ2n) is 6.19. The second kappa shape index (κ2) is 7.87. The number of aliphatic carboxylic acids is 1. The molecular formula is C19H16FN3O5. The van der Waals surface area contributed by atoms with Gasteiger partial charge in [-0.05, 0) is 41.5 Å². The first-order valence-electron chi connectivity index (χ1n) is 8.31. The number of hydrogen-bond donors (Lipinski definition) is 3. The van der Waals surface area contributed by atoms with Gasteiger partial charge in [0.15, 0.2) is 0 Å². The van der Waals surface area contributed by atoms with Crippen molar-refractivity contribution >= 4 is 23.8 Å². The standard InChI is InChI=1S/C19H16FN3O5/c20-14-4-2-12(3-5-14)17(26)22-19(28)21-10-23-9-13-7-11(8-16(24)25)1-6-15(13)18(23)27/h1-7H,8-10H2,(H,24,25)(H2,21,22,26,28). The monoisotopic (exact) mass is 385 g/mol. The van der Waals surface area contributed by atoms with E-state index in [1.807, 2.05) is 0 Å². The van der Waals surface area contributed by atoms with Crippen LogP contribution in [0.3, 0.4) is 0 Å². The third-order valence-electron chi connectivity index (χ3n) is 4.17. The van der Waals surface area contributed by atoms with E-state index in [0.29, 0.717) is 16.7 Å². The Morgan fingerprint density at radius 1 is 1.11 bits per heavy atom. The third-order valence-corrected chi connectivity index (χ3v) is 4.17.